The van der Waals surface area contributed by atoms with Crippen LogP contribution < -0.4 is 5.32 Å². The number of nitrogens with one attached hydrogen (secondary N) is 1. The van der Waals surface area contributed by atoms with Gasteiger partial charge in [0.15, 0.2) is 0 Å². The minimum Gasteiger partial charge on any atom is -0.477 e. The smallest absolute Gasteiger partial charge is 0.352 e. The van der Waals surface area contributed by atoms with Gasteiger partial charge < -0.3 is 15.2 Å². The molecule has 2 N–H and O–H groups in total. The number of amides is 2. The molecule has 2 amide bonds. The fraction of sp³-hybridized carbons (Fsp3) is 0.571. The Bertz CT molecular complexity index is 588. The van der Waals surface area contributed by atoms with Crippen LogP contribution >= 0.6 is 11.8 Å². The predicted octanol–water partition coefficient (Wildman–Crippen LogP) is 0.0882. The molecular weight excluding hydrogens is 324 g/mol. The summed E-state index contributed by atoms with van der Waals surface area (Å²) in [6.45, 7) is 2.93. The number of aliphatic carboxylic acids is 1. The van der Waals surface area contributed by atoms with E-state index in [-0.39, 0.29) is 18.2 Å². The third-order valence-corrected chi connectivity index (χ3v) is 4.83. The number of carboxylic acids is 1. The Labute approximate surface area is 137 Å². The summed E-state index contributed by atoms with van der Waals surface area (Å²) in [7, 11) is 0. The van der Waals surface area contributed by atoms with E-state index in [0.29, 0.717) is 24.2 Å². The summed E-state index contributed by atoms with van der Waals surface area (Å²) < 4.78 is 4.85. The Balaban J connectivity index is 2.14. The fourth-order valence-corrected chi connectivity index (χ4v) is 3.78. The second kappa shape index (κ2) is 7.03. The van der Waals surface area contributed by atoms with Crippen LogP contribution in [0, 0.1) is 0 Å². The van der Waals surface area contributed by atoms with Crippen LogP contribution in [0.4, 0.5) is 0 Å². The van der Waals surface area contributed by atoms with Crippen molar-refractivity contribution in [1.82, 2.24) is 10.2 Å². The maximum atomic E-state index is 12.2. The minimum atomic E-state index is -1.25. The van der Waals surface area contributed by atoms with Crippen molar-refractivity contribution >= 4 is 35.5 Å². The van der Waals surface area contributed by atoms with Gasteiger partial charge in [-0.05, 0) is 6.42 Å². The molecule has 23 heavy (non-hydrogen) atoms. The molecule has 2 aliphatic heterocycles. The van der Waals surface area contributed by atoms with Crippen molar-refractivity contribution in [3.63, 3.8) is 0 Å². The van der Waals surface area contributed by atoms with Gasteiger partial charge in [0.25, 0.3) is 5.91 Å². The topological polar surface area (TPSA) is 113 Å². The molecule has 8 nitrogen and oxygen atoms in total. The number of hydrogen-bond acceptors (Lipinski definition) is 6. The van der Waals surface area contributed by atoms with Crippen LogP contribution in [0.3, 0.4) is 0 Å². The number of thioether (sulfide) groups is 1. The van der Waals surface area contributed by atoms with Crippen LogP contribution in [0.2, 0.25) is 0 Å². The number of carboxylic acid groups (broad SMARTS) is 1. The third kappa shape index (κ3) is 3.49. The molecule has 0 aromatic carbocycles. The summed E-state index contributed by atoms with van der Waals surface area (Å²) in [5, 5.41) is 11.6. The summed E-state index contributed by atoms with van der Waals surface area (Å²) in [6.07, 6.45) is 0.988. The fourth-order valence-electron chi connectivity index (χ4n) is 2.46. The van der Waals surface area contributed by atoms with Crippen molar-refractivity contribution in [2.45, 2.75) is 38.1 Å². The van der Waals surface area contributed by atoms with Crippen molar-refractivity contribution in [2.75, 3.05) is 12.4 Å². The molecule has 2 rings (SSSR count). The Hall–Kier alpha value is -2.03. The number of β-lactam (4-membered cyclic amide) rings is 1. The number of fused-ring (bicyclic) bond motifs is 1. The van der Waals surface area contributed by atoms with Gasteiger partial charge in [0.05, 0.1) is 0 Å². The van der Waals surface area contributed by atoms with Gasteiger partial charge in [-0.25, -0.2) is 4.79 Å². The second-order valence-electron chi connectivity index (χ2n) is 5.24. The second-order valence-corrected chi connectivity index (χ2v) is 6.35. The lowest BCUT2D eigenvalue weighted by atomic mass is 10.0. The first-order chi connectivity index (χ1) is 10.9. The zero-order valence-electron chi connectivity index (χ0n) is 12.8. The third-order valence-electron chi connectivity index (χ3n) is 3.49. The molecule has 0 aromatic rings. The zero-order valence-corrected chi connectivity index (χ0v) is 13.6. The highest BCUT2D eigenvalue weighted by molar-refractivity contribution is 8.00. The van der Waals surface area contributed by atoms with Crippen molar-refractivity contribution in [2.24, 2.45) is 0 Å². The number of nitrogens with zero attached hydrogens (tertiary/aromatic N) is 1. The summed E-state index contributed by atoms with van der Waals surface area (Å²) in [5.41, 5.74) is 0.224. The van der Waals surface area contributed by atoms with Crippen molar-refractivity contribution in [3.8, 4) is 0 Å². The van der Waals surface area contributed by atoms with Gasteiger partial charge in [0.2, 0.25) is 5.91 Å². The Morgan fingerprint density at radius 1 is 1.43 bits per heavy atom. The van der Waals surface area contributed by atoms with Crippen LogP contribution in [-0.2, 0) is 23.9 Å². The van der Waals surface area contributed by atoms with Gasteiger partial charge in [-0.2, -0.15) is 0 Å². The highest BCUT2D eigenvalue weighted by Gasteiger charge is 2.54. The van der Waals surface area contributed by atoms with Gasteiger partial charge in [-0.15, -0.1) is 11.8 Å². The monoisotopic (exact) mass is 342 g/mol. The number of carbonyl (C=O) groups is 4. The molecule has 2 heterocycles. The quantitative estimate of drug-likeness (QED) is 0.519. The lowest BCUT2D eigenvalue weighted by molar-refractivity contribution is -0.151. The molecular formula is C14H18N2O6S. The van der Waals surface area contributed by atoms with E-state index in [4.69, 9.17) is 4.74 Å². The Morgan fingerprint density at radius 2 is 2.13 bits per heavy atom. The van der Waals surface area contributed by atoms with E-state index in [1.807, 2.05) is 6.92 Å². The van der Waals surface area contributed by atoms with Crippen LogP contribution in [0.25, 0.3) is 0 Å². The van der Waals surface area contributed by atoms with E-state index < -0.39 is 29.3 Å². The van der Waals surface area contributed by atoms with Crippen molar-refractivity contribution < 1.29 is 29.0 Å². The predicted molar refractivity (Wildman–Crippen MR) is 81.2 cm³/mol. The van der Waals surface area contributed by atoms with E-state index in [1.54, 1.807) is 0 Å². The molecule has 2 aliphatic rings. The molecule has 9 heteroatoms. The number of esters is 1. The molecule has 0 aromatic heterocycles. The lowest BCUT2D eigenvalue weighted by Gasteiger charge is -2.49. The molecule has 1 saturated heterocycles. The van der Waals surface area contributed by atoms with Crippen LogP contribution in [0.1, 0.15) is 26.7 Å². The molecule has 0 spiro atoms. The van der Waals surface area contributed by atoms with Gasteiger partial charge in [-0.1, -0.05) is 6.92 Å². The van der Waals surface area contributed by atoms with Crippen LogP contribution in [-0.4, -0.2) is 57.5 Å². The van der Waals surface area contributed by atoms with E-state index in [0.717, 1.165) is 4.90 Å². The van der Waals surface area contributed by atoms with Gasteiger partial charge >= 0.3 is 11.9 Å². The van der Waals surface area contributed by atoms with Crippen molar-refractivity contribution in [1.29, 1.82) is 0 Å². The highest BCUT2D eigenvalue weighted by atomic mass is 32.2. The van der Waals surface area contributed by atoms with E-state index in [2.05, 4.69) is 5.32 Å². The number of rotatable bonds is 6. The average molecular weight is 342 g/mol. The van der Waals surface area contributed by atoms with Crippen LogP contribution in [0.5, 0.6) is 0 Å². The number of ether oxygens (including phenoxy) is 1. The average Bonchev–Trinajstić information content (AvgIpc) is 2.49. The normalized spacial score (nSPS) is 23.0. The minimum absolute atomic E-state index is 0.152. The SMILES string of the molecule is CCCC(=O)N[C@@H]1C(=O)N2C(C(=O)O)=C(COC(C)=O)CS[C@H]12. The largest absolute Gasteiger partial charge is 0.477 e. The standard InChI is InChI=1S/C14H18N2O6S/c1-3-4-9(18)15-10-12(19)16-11(14(20)21)8(5-22-7(2)17)6-23-13(10)16/h10,13H,3-6H2,1-2H3,(H,15,18)(H,20,21)/t10-,13-/m1/s1. The summed E-state index contributed by atoms with van der Waals surface area (Å²) >= 11 is 1.34. The molecule has 0 saturated carbocycles. The van der Waals surface area contributed by atoms with Crippen LogP contribution in [0.15, 0.2) is 11.3 Å². The molecule has 1 fully saturated rings. The number of carbonyl (C=O) groups excluding carboxylic acids is 3. The number of hydrogen-bond donors (Lipinski definition) is 2. The molecule has 2 atom stereocenters. The van der Waals surface area contributed by atoms with Gasteiger partial charge in [0.1, 0.15) is 23.7 Å². The first-order valence-electron chi connectivity index (χ1n) is 7.19. The zero-order chi connectivity index (χ0) is 17.1. The van der Waals surface area contributed by atoms with E-state index in [1.165, 1.54) is 18.7 Å². The maximum Gasteiger partial charge on any atom is 0.352 e. The Morgan fingerprint density at radius 3 is 2.70 bits per heavy atom. The molecule has 126 valence electrons. The molecule has 0 radical (unpaired) electrons. The van der Waals surface area contributed by atoms with E-state index in [9.17, 15) is 24.3 Å². The Kier molecular flexibility index (Phi) is 5.30. The molecule has 0 unspecified atom stereocenters. The van der Waals surface area contributed by atoms with E-state index >= 15 is 0 Å². The van der Waals surface area contributed by atoms with Crippen molar-refractivity contribution in [3.05, 3.63) is 11.3 Å². The van der Waals surface area contributed by atoms with Gasteiger partial charge in [0, 0.05) is 24.7 Å². The lowest BCUT2D eigenvalue weighted by Crippen LogP contribution is -2.70. The maximum absolute atomic E-state index is 12.2. The summed E-state index contributed by atoms with van der Waals surface area (Å²) in [5.74, 6) is -2.12. The van der Waals surface area contributed by atoms with Gasteiger partial charge in [-0.3, -0.25) is 19.3 Å². The first-order valence-corrected chi connectivity index (χ1v) is 8.24. The highest BCUT2D eigenvalue weighted by Crippen LogP contribution is 2.40. The molecule has 0 aliphatic carbocycles. The summed E-state index contributed by atoms with van der Waals surface area (Å²) in [6, 6.07) is -0.705. The molecule has 0 bridgehead atoms. The first kappa shape index (κ1) is 17.3. The summed E-state index contributed by atoms with van der Waals surface area (Å²) in [4.78, 5) is 47.4.